The maximum absolute atomic E-state index is 12.3. The number of aromatic nitrogens is 2. The van der Waals surface area contributed by atoms with E-state index in [-0.39, 0.29) is 30.7 Å². The normalized spacial score (nSPS) is 15.1. The molecule has 1 fully saturated rings. The maximum atomic E-state index is 12.3. The van der Waals surface area contributed by atoms with Crippen LogP contribution in [0.5, 0.6) is 0 Å². The third-order valence-corrected chi connectivity index (χ3v) is 3.39. The molecule has 2 heterocycles. The molecule has 0 radical (unpaired) electrons. The van der Waals surface area contributed by atoms with Gasteiger partial charge in [0.05, 0.1) is 0 Å². The average Bonchev–Trinajstić information content (AvgIpc) is 2.89. The van der Waals surface area contributed by atoms with Crippen molar-refractivity contribution in [3.05, 3.63) is 18.5 Å². The monoisotopic (exact) mass is 322 g/mol. The number of piperidine rings is 1. The molecule has 0 aliphatic carbocycles. The highest BCUT2D eigenvalue weighted by molar-refractivity contribution is 5.85. The summed E-state index contributed by atoms with van der Waals surface area (Å²) in [5.41, 5.74) is 0. The van der Waals surface area contributed by atoms with Gasteiger partial charge in [-0.2, -0.15) is 5.10 Å². The Kier molecular flexibility index (Phi) is 9.63. The minimum atomic E-state index is 0. The fraction of sp³-hybridized carbons (Fsp3) is 0.692. The second-order valence-corrected chi connectivity index (χ2v) is 4.77. The van der Waals surface area contributed by atoms with Crippen LogP contribution in [0.2, 0.25) is 0 Å². The molecular weight excluding hydrogens is 299 g/mol. The third-order valence-electron chi connectivity index (χ3n) is 3.39. The Labute approximate surface area is 132 Å². The summed E-state index contributed by atoms with van der Waals surface area (Å²) in [6, 6.07) is 2.25. The first-order valence-electron chi connectivity index (χ1n) is 6.79. The minimum Gasteiger partial charge on any atom is -0.338 e. The predicted octanol–water partition coefficient (Wildman–Crippen LogP) is 1.72. The van der Waals surface area contributed by atoms with E-state index in [0.29, 0.717) is 12.6 Å². The summed E-state index contributed by atoms with van der Waals surface area (Å²) < 4.78 is 1.70. The summed E-state index contributed by atoms with van der Waals surface area (Å²) in [6.45, 7) is 5.36. The molecule has 1 amide bonds. The lowest BCUT2D eigenvalue weighted by Crippen LogP contribution is -2.47. The topological polar surface area (TPSA) is 50.2 Å². The lowest BCUT2D eigenvalue weighted by atomic mass is 10.0. The number of nitrogens with one attached hydrogen (secondary N) is 1. The van der Waals surface area contributed by atoms with Crippen LogP contribution in [0.15, 0.2) is 18.5 Å². The molecule has 5 nitrogen and oxygen atoms in total. The van der Waals surface area contributed by atoms with Gasteiger partial charge >= 0.3 is 0 Å². The van der Waals surface area contributed by atoms with Crippen LogP contribution in [0.4, 0.5) is 0 Å². The van der Waals surface area contributed by atoms with Gasteiger partial charge in [-0.15, -0.1) is 24.8 Å². The van der Waals surface area contributed by atoms with Gasteiger partial charge in [-0.3, -0.25) is 9.48 Å². The standard InChI is InChI=1S/C13H22N4O.2ClH/c1-2-9-17(12-4-7-14-8-5-12)13(18)11-16-10-3-6-15-16;;/h3,6,10,12,14H,2,4-5,7-9,11H2,1H3;2*1H. The van der Waals surface area contributed by atoms with Gasteiger partial charge < -0.3 is 10.2 Å². The molecule has 0 atom stereocenters. The molecule has 0 bridgehead atoms. The van der Waals surface area contributed by atoms with Gasteiger partial charge in [0.15, 0.2) is 0 Å². The van der Waals surface area contributed by atoms with Crippen LogP contribution in [0.3, 0.4) is 0 Å². The summed E-state index contributed by atoms with van der Waals surface area (Å²) in [6.07, 6.45) is 6.68. The van der Waals surface area contributed by atoms with Crippen molar-refractivity contribution in [3.63, 3.8) is 0 Å². The van der Waals surface area contributed by atoms with Crippen molar-refractivity contribution in [1.82, 2.24) is 20.0 Å². The summed E-state index contributed by atoms with van der Waals surface area (Å²) in [4.78, 5) is 14.4. The minimum absolute atomic E-state index is 0. The number of halogens is 2. The maximum Gasteiger partial charge on any atom is 0.244 e. The van der Waals surface area contributed by atoms with E-state index in [4.69, 9.17) is 0 Å². The van der Waals surface area contributed by atoms with Crippen molar-refractivity contribution in [3.8, 4) is 0 Å². The molecule has 20 heavy (non-hydrogen) atoms. The van der Waals surface area contributed by atoms with E-state index in [9.17, 15) is 4.79 Å². The summed E-state index contributed by atoms with van der Waals surface area (Å²) >= 11 is 0. The van der Waals surface area contributed by atoms with Crippen molar-refractivity contribution in [1.29, 1.82) is 0 Å². The molecular formula is C13H24Cl2N4O. The number of carbonyl (C=O) groups excluding carboxylic acids is 1. The van der Waals surface area contributed by atoms with Crippen molar-refractivity contribution < 1.29 is 4.79 Å². The van der Waals surface area contributed by atoms with Gasteiger partial charge in [-0.25, -0.2) is 0 Å². The SMILES string of the molecule is CCCN(C(=O)Cn1cccn1)C1CCNCC1.Cl.Cl. The van der Waals surface area contributed by atoms with Gasteiger partial charge in [0.25, 0.3) is 0 Å². The molecule has 0 aromatic carbocycles. The number of amides is 1. The molecule has 1 aromatic heterocycles. The van der Waals surface area contributed by atoms with E-state index in [0.717, 1.165) is 38.9 Å². The largest absolute Gasteiger partial charge is 0.338 e. The first-order chi connectivity index (χ1) is 8.81. The second kappa shape index (κ2) is 10.0. The Bertz CT molecular complexity index is 366. The summed E-state index contributed by atoms with van der Waals surface area (Å²) in [5.74, 6) is 0.187. The van der Waals surface area contributed by atoms with E-state index in [2.05, 4.69) is 17.3 Å². The fourth-order valence-electron chi connectivity index (χ4n) is 2.49. The smallest absolute Gasteiger partial charge is 0.244 e. The first kappa shape index (κ1) is 19.2. The zero-order chi connectivity index (χ0) is 12.8. The van der Waals surface area contributed by atoms with Crippen LogP contribution in [0.1, 0.15) is 26.2 Å². The van der Waals surface area contributed by atoms with Gasteiger partial charge in [-0.1, -0.05) is 6.92 Å². The molecule has 7 heteroatoms. The summed E-state index contributed by atoms with van der Waals surface area (Å²) in [5, 5.41) is 7.44. The highest BCUT2D eigenvalue weighted by Gasteiger charge is 2.24. The van der Waals surface area contributed by atoms with E-state index < -0.39 is 0 Å². The Morgan fingerprint density at radius 3 is 2.65 bits per heavy atom. The predicted molar refractivity (Wildman–Crippen MR) is 84.6 cm³/mol. The van der Waals surface area contributed by atoms with Gasteiger partial charge in [0.2, 0.25) is 5.91 Å². The quantitative estimate of drug-likeness (QED) is 0.898. The van der Waals surface area contributed by atoms with Crippen molar-refractivity contribution in [2.45, 2.75) is 38.8 Å². The van der Waals surface area contributed by atoms with Crippen molar-refractivity contribution >= 4 is 30.7 Å². The second-order valence-electron chi connectivity index (χ2n) is 4.77. The molecule has 116 valence electrons. The van der Waals surface area contributed by atoms with E-state index in [1.54, 1.807) is 10.9 Å². The fourth-order valence-corrected chi connectivity index (χ4v) is 2.49. The van der Waals surface area contributed by atoms with Crippen LogP contribution < -0.4 is 5.32 Å². The number of carbonyl (C=O) groups is 1. The van der Waals surface area contributed by atoms with Crippen LogP contribution in [-0.4, -0.2) is 46.3 Å². The Morgan fingerprint density at radius 2 is 2.10 bits per heavy atom. The van der Waals surface area contributed by atoms with Crippen LogP contribution in [0, 0.1) is 0 Å². The average molecular weight is 323 g/mol. The molecule has 1 aliphatic rings. The molecule has 0 spiro atoms. The molecule has 0 unspecified atom stereocenters. The zero-order valence-electron chi connectivity index (χ0n) is 11.8. The van der Waals surface area contributed by atoms with Crippen LogP contribution in [0.25, 0.3) is 0 Å². The lowest BCUT2D eigenvalue weighted by molar-refractivity contribution is -0.135. The number of hydrogen-bond acceptors (Lipinski definition) is 3. The van der Waals surface area contributed by atoms with Crippen LogP contribution in [-0.2, 0) is 11.3 Å². The lowest BCUT2D eigenvalue weighted by Gasteiger charge is -2.34. The zero-order valence-corrected chi connectivity index (χ0v) is 13.5. The van der Waals surface area contributed by atoms with E-state index in [1.807, 2.05) is 17.2 Å². The molecule has 1 saturated heterocycles. The first-order valence-corrected chi connectivity index (χ1v) is 6.79. The Morgan fingerprint density at radius 1 is 1.40 bits per heavy atom. The highest BCUT2D eigenvalue weighted by Crippen LogP contribution is 2.13. The number of rotatable bonds is 5. The van der Waals surface area contributed by atoms with E-state index >= 15 is 0 Å². The number of hydrogen-bond donors (Lipinski definition) is 1. The Balaban J connectivity index is 0.00000180. The Hall–Kier alpha value is -0.780. The highest BCUT2D eigenvalue weighted by atomic mass is 35.5. The van der Waals surface area contributed by atoms with Crippen LogP contribution >= 0.6 is 24.8 Å². The van der Waals surface area contributed by atoms with Crippen molar-refractivity contribution in [2.75, 3.05) is 19.6 Å². The molecule has 2 rings (SSSR count). The van der Waals surface area contributed by atoms with Gasteiger partial charge in [0, 0.05) is 25.0 Å². The molecule has 1 aliphatic heterocycles. The summed E-state index contributed by atoms with van der Waals surface area (Å²) in [7, 11) is 0. The third kappa shape index (κ3) is 5.31. The van der Waals surface area contributed by atoms with E-state index in [1.165, 1.54) is 0 Å². The number of nitrogens with zero attached hydrogens (tertiary/aromatic N) is 3. The van der Waals surface area contributed by atoms with Crippen molar-refractivity contribution in [2.24, 2.45) is 0 Å². The molecule has 1 aromatic rings. The molecule has 1 N–H and O–H groups in total. The van der Waals surface area contributed by atoms with Gasteiger partial charge in [-0.05, 0) is 38.4 Å². The molecule has 0 saturated carbocycles. The van der Waals surface area contributed by atoms with Gasteiger partial charge in [0.1, 0.15) is 6.54 Å².